The lowest BCUT2D eigenvalue weighted by atomic mass is 9.93. The molecule has 1 aliphatic carbocycles. The van der Waals surface area contributed by atoms with Crippen LogP contribution in [0.4, 0.5) is 10.8 Å². The van der Waals surface area contributed by atoms with Gasteiger partial charge >= 0.3 is 5.97 Å². The Balaban J connectivity index is 2.14. The summed E-state index contributed by atoms with van der Waals surface area (Å²) in [5.41, 5.74) is 6.05. The van der Waals surface area contributed by atoms with E-state index in [-0.39, 0.29) is 5.82 Å². The molecule has 1 heterocycles. The van der Waals surface area contributed by atoms with E-state index in [1.54, 1.807) is 6.92 Å². The average Bonchev–Trinajstić information content (AvgIpc) is 2.54. The van der Waals surface area contributed by atoms with Crippen LogP contribution in [0, 0.1) is 0 Å². The van der Waals surface area contributed by atoms with Crippen molar-refractivity contribution < 1.29 is 9.53 Å². The second-order valence-electron chi connectivity index (χ2n) is 3.76. The van der Waals surface area contributed by atoms with Crippen LogP contribution in [0.2, 0.25) is 0 Å². The van der Waals surface area contributed by atoms with Gasteiger partial charge in [-0.2, -0.15) is 4.37 Å². The van der Waals surface area contributed by atoms with Crippen molar-refractivity contribution in [1.29, 1.82) is 0 Å². The number of esters is 1. The van der Waals surface area contributed by atoms with Crippen LogP contribution in [-0.2, 0) is 4.74 Å². The van der Waals surface area contributed by atoms with Crippen molar-refractivity contribution >= 4 is 28.3 Å². The highest BCUT2D eigenvalue weighted by Crippen LogP contribution is 2.31. The third-order valence-corrected chi connectivity index (χ3v) is 3.43. The van der Waals surface area contributed by atoms with E-state index < -0.39 is 5.97 Å². The Bertz CT molecular complexity index is 387. The average molecular weight is 241 g/mol. The number of nitrogen functional groups attached to an aromatic ring is 1. The summed E-state index contributed by atoms with van der Waals surface area (Å²) < 4.78 is 8.94. The molecule has 0 spiro atoms. The monoisotopic (exact) mass is 241 g/mol. The molecule has 0 radical (unpaired) electrons. The maximum Gasteiger partial charge on any atom is 0.344 e. The number of nitrogens with one attached hydrogen (secondary N) is 1. The normalized spacial score (nSPS) is 15.6. The number of nitrogens with zero attached hydrogens (tertiary/aromatic N) is 1. The molecule has 1 fully saturated rings. The molecule has 0 bridgehead atoms. The summed E-state index contributed by atoms with van der Waals surface area (Å²) in [6.45, 7) is 2.11. The van der Waals surface area contributed by atoms with Gasteiger partial charge in [0.25, 0.3) is 0 Å². The molecule has 1 aromatic rings. The molecule has 6 heteroatoms. The van der Waals surface area contributed by atoms with E-state index in [0.29, 0.717) is 18.2 Å². The first kappa shape index (κ1) is 11.2. The predicted octanol–water partition coefficient (Wildman–Crippen LogP) is 1.87. The van der Waals surface area contributed by atoms with Gasteiger partial charge in [-0.25, -0.2) is 4.79 Å². The second kappa shape index (κ2) is 4.69. The van der Waals surface area contributed by atoms with Crippen LogP contribution < -0.4 is 11.1 Å². The molecule has 2 rings (SSSR count). The third kappa shape index (κ3) is 2.11. The largest absolute Gasteiger partial charge is 0.462 e. The Hall–Kier alpha value is -1.30. The predicted molar refractivity (Wildman–Crippen MR) is 63.7 cm³/mol. The van der Waals surface area contributed by atoms with Crippen LogP contribution in [0.15, 0.2) is 0 Å². The van der Waals surface area contributed by atoms with Crippen LogP contribution in [-0.4, -0.2) is 23.0 Å². The molecular weight excluding hydrogens is 226 g/mol. The Morgan fingerprint density at radius 3 is 3.00 bits per heavy atom. The summed E-state index contributed by atoms with van der Waals surface area (Å²) in [6.07, 6.45) is 3.51. The maximum atomic E-state index is 11.7. The summed E-state index contributed by atoms with van der Waals surface area (Å²) in [5.74, 6) is -0.138. The summed E-state index contributed by atoms with van der Waals surface area (Å²) in [7, 11) is 0. The van der Waals surface area contributed by atoms with E-state index >= 15 is 0 Å². The van der Waals surface area contributed by atoms with E-state index in [1.807, 2.05) is 0 Å². The minimum Gasteiger partial charge on any atom is -0.462 e. The lowest BCUT2D eigenvalue weighted by Gasteiger charge is -2.26. The molecule has 1 aliphatic rings. The number of anilines is 2. The highest BCUT2D eigenvalue weighted by Gasteiger charge is 2.24. The van der Waals surface area contributed by atoms with Gasteiger partial charge in [-0.15, -0.1) is 0 Å². The van der Waals surface area contributed by atoms with E-state index in [4.69, 9.17) is 10.5 Å². The number of hydrogen-bond acceptors (Lipinski definition) is 6. The van der Waals surface area contributed by atoms with Gasteiger partial charge in [0.05, 0.1) is 6.61 Å². The first-order valence-corrected chi connectivity index (χ1v) is 6.18. The van der Waals surface area contributed by atoms with Gasteiger partial charge in [-0.05, 0) is 37.7 Å². The van der Waals surface area contributed by atoms with Crippen molar-refractivity contribution in [2.45, 2.75) is 32.2 Å². The number of carbonyl (C=O) groups excluding carboxylic acids is 1. The van der Waals surface area contributed by atoms with E-state index in [0.717, 1.165) is 17.8 Å². The number of aromatic nitrogens is 1. The zero-order valence-corrected chi connectivity index (χ0v) is 9.97. The van der Waals surface area contributed by atoms with Crippen molar-refractivity contribution in [3.63, 3.8) is 0 Å². The van der Waals surface area contributed by atoms with E-state index in [2.05, 4.69) is 9.69 Å². The molecular formula is C10H15N3O2S. The summed E-state index contributed by atoms with van der Waals surface area (Å²) >= 11 is 1.22. The highest BCUT2D eigenvalue weighted by molar-refractivity contribution is 7.11. The second-order valence-corrected chi connectivity index (χ2v) is 4.54. The van der Waals surface area contributed by atoms with Crippen molar-refractivity contribution in [2.24, 2.45) is 0 Å². The zero-order valence-electron chi connectivity index (χ0n) is 9.16. The minimum absolute atomic E-state index is 0.255. The number of carbonyl (C=O) groups is 1. The van der Waals surface area contributed by atoms with Gasteiger partial charge < -0.3 is 15.8 Å². The molecule has 0 amide bonds. The fourth-order valence-corrected chi connectivity index (χ4v) is 2.32. The standard InChI is InChI=1S/C10H15N3O2S/c1-2-15-10(14)7-8(11)13-16-9(7)12-6-4-3-5-6/h6,12H,2-5H2,1H3,(H2,11,13). The molecule has 3 N–H and O–H groups in total. The lowest BCUT2D eigenvalue weighted by molar-refractivity contribution is 0.0529. The molecule has 16 heavy (non-hydrogen) atoms. The quantitative estimate of drug-likeness (QED) is 0.787. The number of ether oxygens (including phenoxy) is 1. The van der Waals surface area contributed by atoms with Crippen LogP contribution >= 0.6 is 11.5 Å². The Kier molecular flexibility index (Phi) is 3.28. The molecule has 0 unspecified atom stereocenters. The van der Waals surface area contributed by atoms with Gasteiger partial charge in [0.1, 0.15) is 10.6 Å². The third-order valence-electron chi connectivity index (χ3n) is 2.64. The molecule has 0 aliphatic heterocycles. The molecule has 0 saturated heterocycles. The van der Waals surface area contributed by atoms with Gasteiger partial charge in [0, 0.05) is 6.04 Å². The number of hydrogen-bond donors (Lipinski definition) is 2. The minimum atomic E-state index is -0.393. The van der Waals surface area contributed by atoms with E-state index in [9.17, 15) is 4.79 Å². The molecule has 1 saturated carbocycles. The molecule has 0 aromatic carbocycles. The first-order valence-electron chi connectivity index (χ1n) is 5.41. The molecule has 5 nitrogen and oxygen atoms in total. The molecule has 88 valence electrons. The smallest absolute Gasteiger partial charge is 0.344 e. The summed E-state index contributed by atoms with van der Waals surface area (Å²) in [6, 6.07) is 0.452. The fraction of sp³-hybridized carbons (Fsp3) is 0.600. The van der Waals surface area contributed by atoms with Crippen molar-refractivity contribution in [3.05, 3.63) is 5.56 Å². The van der Waals surface area contributed by atoms with Crippen molar-refractivity contribution in [1.82, 2.24) is 4.37 Å². The number of nitrogens with two attached hydrogens (primary N) is 1. The lowest BCUT2D eigenvalue weighted by Crippen LogP contribution is -2.27. The number of rotatable bonds is 4. The topological polar surface area (TPSA) is 77.2 Å². The fourth-order valence-electron chi connectivity index (χ4n) is 1.54. The molecule has 0 atom stereocenters. The van der Waals surface area contributed by atoms with Crippen LogP contribution in [0.5, 0.6) is 0 Å². The van der Waals surface area contributed by atoms with Crippen LogP contribution in [0.3, 0.4) is 0 Å². The van der Waals surface area contributed by atoms with Crippen LogP contribution in [0.25, 0.3) is 0 Å². The van der Waals surface area contributed by atoms with E-state index in [1.165, 1.54) is 18.0 Å². The zero-order chi connectivity index (χ0) is 11.5. The highest BCUT2D eigenvalue weighted by atomic mass is 32.1. The van der Waals surface area contributed by atoms with Crippen molar-refractivity contribution in [3.8, 4) is 0 Å². The van der Waals surface area contributed by atoms with Crippen molar-refractivity contribution in [2.75, 3.05) is 17.7 Å². The van der Waals surface area contributed by atoms with Gasteiger partial charge in [0.2, 0.25) is 0 Å². The Labute approximate surface area is 98.1 Å². The SMILES string of the molecule is CCOC(=O)c1c(N)nsc1NC1CCC1. The van der Waals surface area contributed by atoms with Gasteiger partial charge in [-0.1, -0.05) is 0 Å². The van der Waals surface area contributed by atoms with Crippen LogP contribution in [0.1, 0.15) is 36.5 Å². The summed E-state index contributed by atoms with van der Waals surface area (Å²) in [5, 5.41) is 4.02. The van der Waals surface area contributed by atoms with Gasteiger partial charge in [-0.3, -0.25) is 0 Å². The molecule has 1 aromatic heterocycles. The first-order chi connectivity index (χ1) is 7.72. The Morgan fingerprint density at radius 2 is 2.44 bits per heavy atom. The van der Waals surface area contributed by atoms with Gasteiger partial charge in [0.15, 0.2) is 5.82 Å². The summed E-state index contributed by atoms with van der Waals surface area (Å²) in [4.78, 5) is 11.7. The Morgan fingerprint density at radius 1 is 1.69 bits per heavy atom. The maximum absolute atomic E-state index is 11.7.